The molecule has 0 saturated heterocycles. The summed E-state index contributed by atoms with van der Waals surface area (Å²) in [5.41, 5.74) is 2.46. The number of fused-ring (bicyclic) bond motifs is 1. The lowest BCUT2D eigenvalue weighted by atomic mass is 10.1. The minimum Gasteiger partial charge on any atom is -0.477 e. The molecule has 0 radical (unpaired) electrons. The molecule has 1 aromatic heterocycles. The number of carboxylic acids is 1. The molecule has 1 aromatic carbocycles. The molecule has 1 saturated carbocycles. The van der Waals surface area contributed by atoms with Crippen molar-refractivity contribution in [3.63, 3.8) is 0 Å². The van der Waals surface area contributed by atoms with Crippen molar-refractivity contribution in [2.75, 3.05) is 6.61 Å². The van der Waals surface area contributed by atoms with Crippen LogP contribution in [0, 0.1) is 5.92 Å². The van der Waals surface area contributed by atoms with E-state index >= 15 is 0 Å². The minimum absolute atomic E-state index is 0.191. The molecular formula is C22H31NO3Si. The van der Waals surface area contributed by atoms with Gasteiger partial charge in [-0.1, -0.05) is 51.1 Å². The van der Waals surface area contributed by atoms with Gasteiger partial charge >= 0.3 is 5.97 Å². The van der Waals surface area contributed by atoms with E-state index < -0.39 is 14.3 Å². The number of aromatic carboxylic acids is 1. The third kappa shape index (κ3) is 4.36. The lowest BCUT2D eigenvalue weighted by molar-refractivity contribution is 0.0685. The summed E-state index contributed by atoms with van der Waals surface area (Å²) in [5, 5.41) is 10.8. The Bertz CT molecular complexity index is 870. The molecule has 4 nitrogen and oxygen atoms in total. The Morgan fingerprint density at radius 1 is 1.33 bits per heavy atom. The van der Waals surface area contributed by atoms with E-state index in [1.165, 1.54) is 12.8 Å². The number of carbonyl (C=O) groups is 1. The Balaban J connectivity index is 1.87. The smallest absolute Gasteiger partial charge is 0.352 e. The van der Waals surface area contributed by atoms with Crippen LogP contribution < -0.4 is 0 Å². The fourth-order valence-corrected chi connectivity index (χ4v) is 4.01. The van der Waals surface area contributed by atoms with Crippen molar-refractivity contribution in [3.05, 3.63) is 41.6 Å². The lowest BCUT2D eigenvalue weighted by Gasteiger charge is -2.35. The summed E-state index contributed by atoms with van der Waals surface area (Å²) < 4.78 is 8.22. The normalized spacial score (nSPS) is 15.7. The van der Waals surface area contributed by atoms with Gasteiger partial charge in [-0.3, -0.25) is 0 Å². The van der Waals surface area contributed by atoms with E-state index in [-0.39, 0.29) is 5.04 Å². The Morgan fingerprint density at radius 2 is 2.04 bits per heavy atom. The number of hydrogen-bond acceptors (Lipinski definition) is 2. The molecule has 1 fully saturated rings. The molecule has 1 aliphatic rings. The Morgan fingerprint density at radius 3 is 2.63 bits per heavy atom. The molecule has 2 aromatic rings. The number of nitrogens with zero attached hydrogens (tertiary/aromatic N) is 1. The van der Waals surface area contributed by atoms with Gasteiger partial charge in [-0.15, -0.1) is 0 Å². The Hall–Kier alpha value is -1.85. The third-order valence-corrected chi connectivity index (χ3v) is 10.5. The molecule has 0 unspecified atom stereocenters. The maximum Gasteiger partial charge on any atom is 0.352 e. The predicted molar refractivity (Wildman–Crippen MR) is 114 cm³/mol. The number of para-hydroxylation sites is 1. The topological polar surface area (TPSA) is 51.5 Å². The van der Waals surface area contributed by atoms with Crippen LogP contribution in [-0.2, 0) is 11.0 Å². The summed E-state index contributed by atoms with van der Waals surface area (Å²) >= 11 is 0. The summed E-state index contributed by atoms with van der Waals surface area (Å²) in [5.74, 6) is -0.249. The average molecular weight is 386 g/mol. The number of benzene rings is 1. The van der Waals surface area contributed by atoms with E-state index in [9.17, 15) is 9.90 Å². The second-order valence-corrected chi connectivity index (χ2v) is 14.0. The molecule has 1 N–H and O–H groups in total. The zero-order chi connectivity index (χ0) is 19.8. The molecule has 0 atom stereocenters. The summed E-state index contributed by atoms with van der Waals surface area (Å²) in [6.45, 7) is 12.6. The van der Waals surface area contributed by atoms with Crippen molar-refractivity contribution >= 4 is 31.3 Å². The SMILES string of the molecule is CC(C)(C)[Si](C)(C)OC/C=C/c1cccc2cc(C(=O)O)n(CC3CC3)c12. The van der Waals surface area contributed by atoms with E-state index in [4.69, 9.17) is 4.43 Å². The zero-order valence-corrected chi connectivity index (χ0v) is 18.1. The second kappa shape index (κ2) is 7.28. The molecule has 1 aliphatic carbocycles. The predicted octanol–water partition coefficient (Wildman–Crippen LogP) is 5.78. The fraction of sp³-hybridized carbons (Fsp3) is 0.500. The van der Waals surface area contributed by atoms with Gasteiger partial charge in [0, 0.05) is 11.9 Å². The summed E-state index contributed by atoms with van der Waals surface area (Å²) in [6, 6.07) is 7.84. The summed E-state index contributed by atoms with van der Waals surface area (Å²) in [7, 11) is -1.77. The van der Waals surface area contributed by atoms with E-state index in [1.807, 2.05) is 16.7 Å². The first kappa shape index (κ1) is 19.9. The maximum absolute atomic E-state index is 11.7. The second-order valence-electron chi connectivity index (χ2n) is 9.15. The van der Waals surface area contributed by atoms with Gasteiger partial charge < -0.3 is 14.1 Å². The van der Waals surface area contributed by atoms with Crippen molar-refractivity contribution in [1.82, 2.24) is 4.57 Å². The molecule has 5 heteroatoms. The van der Waals surface area contributed by atoms with Crippen molar-refractivity contribution in [3.8, 4) is 0 Å². The van der Waals surface area contributed by atoms with Gasteiger partial charge in [-0.25, -0.2) is 4.79 Å². The summed E-state index contributed by atoms with van der Waals surface area (Å²) in [4.78, 5) is 11.7. The first-order valence-electron chi connectivity index (χ1n) is 9.76. The zero-order valence-electron chi connectivity index (χ0n) is 17.1. The number of rotatable bonds is 7. The maximum atomic E-state index is 11.7. The van der Waals surface area contributed by atoms with Gasteiger partial charge in [0.2, 0.25) is 0 Å². The highest BCUT2D eigenvalue weighted by Crippen LogP contribution is 2.37. The average Bonchev–Trinajstić information content (AvgIpc) is 3.30. The minimum atomic E-state index is -1.77. The van der Waals surface area contributed by atoms with Crippen LogP contribution in [0.5, 0.6) is 0 Å². The van der Waals surface area contributed by atoms with Gasteiger partial charge in [0.1, 0.15) is 5.69 Å². The van der Waals surface area contributed by atoms with E-state index in [0.29, 0.717) is 18.2 Å². The molecule has 27 heavy (non-hydrogen) atoms. The standard InChI is InChI=1S/C22H31NO3Si/c1-22(2,3)27(4,5)26-13-7-10-17-8-6-9-18-14-19(21(24)25)23(20(17)18)15-16-11-12-16/h6-10,14,16H,11-13,15H2,1-5H3,(H,24,25)/b10-7+. The highest BCUT2D eigenvalue weighted by atomic mass is 28.4. The molecule has 0 aliphatic heterocycles. The quantitative estimate of drug-likeness (QED) is 0.614. The van der Waals surface area contributed by atoms with Crippen molar-refractivity contribution in [2.24, 2.45) is 5.92 Å². The molecule has 0 bridgehead atoms. The molecule has 146 valence electrons. The first-order chi connectivity index (χ1) is 12.6. The van der Waals surface area contributed by atoms with Crippen LogP contribution in [0.3, 0.4) is 0 Å². The largest absolute Gasteiger partial charge is 0.477 e. The summed E-state index contributed by atoms with van der Waals surface area (Å²) in [6.07, 6.45) is 6.52. The monoisotopic (exact) mass is 385 g/mol. The third-order valence-electron chi connectivity index (χ3n) is 5.95. The van der Waals surface area contributed by atoms with Gasteiger partial charge in [0.05, 0.1) is 12.1 Å². The Kier molecular flexibility index (Phi) is 5.37. The van der Waals surface area contributed by atoms with Crippen molar-refractivity contribution < 1.29 is 14.3 Å². The van der Waals surface area contributed by atoms with Crippen molar-refractivity contribution in [2.45, 2.75) is 58.3 Å². The van der Waals surface area contributed by atoms with Gasteiger partial charge in [0.25, 0.3) is 0 Å². The van der Waals surface area contributed by atoms with E-state index in [2.05, 4.69) is 52.1 Å². The van der Waals surface area contributed by atoms with Crippen LogP contribution in [-0.4, -0.2) is 30.6 Å². The highest BCUT2D eigenvalue weighted by molar-refractivity contribution is 6.74. The van der Waals surface area contributed by atoms with Crippen LogP contribution in [0.15, 0.2) is 30.3 Å². The van der Waals surface area contributed by atoms with Crippen LogP contribution in [0.25, 0.3) is 17.0 Å². The van der Waals surface area contributed by atoms with E-state index in [0.717, 1.165) is 23.0 Å². The van der Waals surface area contributed by atoms with E-state index in [1.54, 1.807) is 6.07 Å². The van der Waals surface area contributed by atoms with Crippen LogP contribution in [0.1, 0.15) is 49.7 Å². The van der Waals surface area contributed by atoms with Crippen LogP contribution in [0.2, 0.25) is 18.1 Å². The molecule has 1 heterocycles. The number of hydrogen-bond donors (Lipinski definition) is 1. The number of carboxylic acid groups (broad SMARTS) is 1. The molecule has 3 rings (SSSR count). The molecule has 0 spiro atoms. The Labute approximate surface area is 163 Å². The fourth-order valence-electron chi connectivity index (χ4n) is 3.06. The molecular weight excluding hydrogens is 354 g/mol. The molecule has 0 amide bonds. The van der Waals surface area contributed by atoms with Crippen molar-refractivity contribution in [1.29, 1.82) is 0 Å². The van der Waals surface area contributed by atoms with Gasteiger partial charge in [-0.05, 0) is 48.5 Å². The van der Waals surface area contributed by atoms with Crippen LogP contribution >= 0.6 is 0 Å². The van der Waals surface area contributed by atoms with Crippen LogP contribution in [0.4, 0.5) is 0 Å². The number of aromatic nitrogens is 1. The highest BCUT2D eigenvalue weighted by Gasteiger charge is 2.36. The van der Waals surface area contributed by atoms with Gasteiger partial charge in [0.15, 0.2) is 8.32 Å². The first-order valence-corrected chi connectivity index (χ1v) is 12.7. The lowest BCUT2D eigenvalue weighted by Crippen LogP contribution is -2.40. The van der Waals surface area contributed by atoms with Gasteiger partial charge in [-0.2, -0.15) is 0 Å².